The van der Waals surface area contributed by atoms with Crippen LogP contribution in [0.15, 0.2) is 30.3 Å². The van der Waals surface area contributed by atoms with E-state index in [0.29, 0.717) is 0 Å². The summed E-state index contributed by atoms with van der Waals surface area (Å²) in [6, 6.07) is 10.1. The molecule has 21 heavy (non-hydrogen) atoms. The lowest BCUT2D eigenvalue weighted by atomic mass is 9.80. The van der Waals surface area contributed by atoms with Gasteiger partial charge in [-0.25, -0.2) is 0 Å². The molecule has 0 radical (unpaired) electrons. The lowest BCUT2D eigenvalue weighted by Crippen LogP contribution is -2.70. The van der Waals surface area contributed by atoms with Crippen molar-refractivity contribution in [1.82, 2.24) is 0 Å². The Kier molecular flexibility index (Phi) is 4.90. The third kappa shape index (κ3) is 3.07. The Labute approximate surface area is 128 Å². The van der Waals surface area contributed by atoms with Crippen LogP contribution in [0.3, 0.4) is 0 Å². The predicted octanol–water partition coefficient (Wildman–Crippen LogP) is 3.36. The second-order valence-corrected chi connectivity index (χ2v) is 10.9. The molecule has 0 saturated carbocycles. The molecule has 0 amide bonds. The number of ether oxygens (including phenoxy) is 3. The van der Waals surface area contributed by atoms with E-state index in [-0.39, 0.29) is 12.2 Å². The zero-order valence-electron chi connectivity index (χ0n) is 13.8. The number of rotatable bonds is 6. The van der Waals surface area contributed by atoms with Crippen LogP contribution >= 0.6 is 0 Å². The first-order chi connectivity index (χ1) is 9.85. The smallest absolute Gasteiger partial charge is 0.190 e. The summed E-state index contributed by atoms with van der Waals surface area (Å²) < 4.78 is 23.7. The molecule has 1 aromatic carbocycles. The summed E-state index contributed by atoms with van der Waals surface area (Å²) in [6.07, 6.45) is -0.720. The molecule has 1 heterocycles. The predicted molar refractivity (Wildman–Crippen MR) is 84.7 cm³/mol. The van der Waals surface area contributed by atoms with Crippen LogP contribution in [0.2, 0.25) is 19.6 Å². The van der Waals surface area contributed by atoms with Crippen molar-refractivity contribution in [1.29, 1.82) is 0 Å². The van der Waals surface area contributed by atoms with E-state index in [1.165, 1.54) is 0 Å². The Bertz CT molecular complexity index is 455. The first-order valence-corrected chi connectivity index (χ1v) is 10.7. The van der Waals surface area contributed by atoms with E-state index < -0.39 is 20.2 Å². The molecule has 0 unspecified atom stereocenters. The van der Waals surface area contributed by atoms with E-state index in [4.69, 9.17) is 18.6 Å². The Hall–Kier alpha value is -0.723. The number of benzene rings is 1. The molecule has 3 atom stereocenters. The third-order valence-electron chi connectivity index (χ3n) is 3.77. The normalized spacial score (nSPS) is 29.5. The van der Waals surface area contributed by atoms with Gasteiger partial charge in [-0.15, -0.1) is 0 Å². The van der Waals surface area contributed by atoms with Crippen LogP contribution < -0.4 is 0 Å². The molecule has 0 aromatic heterocycles. The fourth-order valence-electron chi connectivity index (χ4n) is 3.02. The molecule has 5 heteroatoms. The van der Waals surface area contributed by atoms with Crippen LogP contribution in [0.25, 0.3) is 0 Å². The minimum atomic E-state index is -1.81. The van der Waals surface area contributed by atoms with Crippen molar-refractivity contribution in [3.05, 3.63) is 35.9 Å². The molecule has 2 rings (SSSR count). The average Bonchev–Trinajstić information content (AvgIpc) is 2.44. The van der Waals surface area contributed by atoms with Gasteiger partial charge in [0.1, 0.15) is 6.10 Å². The van der Waals surface area contributed by atoms with E-state index in [2.05, 4.69) is 31.8 Å². The summed E-state index contributed by atoms with van der Waals surface area (Å²) in [7, 11) is 1.48. The Morgan fingerprint density at radius 3 is 2.10 bits per heavy atom. The van der Waals surface area contributed by atoms with Crippen molar-refractivity contribution < 1.29 is 18.6 Å². The summed E-state index contributed by atoms with van der Waals surface area (Å²) in [5.74, 6) is 0. The highest BCUT2D eigenvalue weighted by Crippen LogP contribution is 2.51. The van der Waals surface area contributed by atoms with Gasteiger partial charge in [-0.05, 0) is 32.1 Å². The van der Waals surface area contributed by atoms with Crippen LogP contribution in [0.4, 0.5) is 0 Å². The third-order valence-corrected chi connectivity index (χ3v) is 4.73. The first kappa shape index (κ1) is 16.6. The molecule has 0 spiro atoms. The van der Waals surface area contributed by atoms with Gasteiger partial charge in [0.2, 0.25) is 0 Å². The van der Waals surface area contributed by atoms with Gasteiger partial charge < -0.3 is 18.6 Å². The minimum absolute atomic E-state index is 0.0840. The maximum absolute atomic E-state index is 6.55. The monoisotopic (exact) mass is 310 g/mol. The van der Waals surface area contributed by atoms with E-state index in [1.807, 2.05) is 25.1 Å². The molecule has 0 bridgehead atoms. The zero-order valence-corrected chi connectivity index (χ0v) is 14.8. The molecule has 1 fully saturated rings. The lowest BCUT2D eigenvalue weighted by Gasteiger charge is -2.58. The molecule has 0 aliphatic carbocycles. The Morgan fingerprint density at radius 2 is 1.67 bits per heavy atom. The SMILES string of the molecule is COC(OC)[C@@]1(O[Si](C)(C)C)[C@H](C)O[C@@H]1c1ccccc1. The minimum Gasteiger partial charge on any atom is -0.403 e. The maximum atomic E-state index is 6.55. The lowest BCUT2D eigenvalue weighted by molar-refractivity contribution is -0.358. The van der Waals surface area contributed by atoms with Crippen LogP contribution in [-0.4, -0.2) is 40.5 Å². The highest BCUT2D eigenvalue weighted by Gasteiger charge is 2.63. The second kappa shape index (κ2) is 6.18. The van der Waals surface area contributed by atoms with E-state index >= 15 is 0 Å². The van der Waals surface area contributed by atoms with E-state index in [0.717, 1.165) is 5.56 Å². The fraction of sp³-hybridized carbons (Fsp3) is 0.625. The summed E-state index contributed by atoms with van der Waals surface area (Å²) in [5, 5.41) is 0. The summed E-state index contributed by atoms with van der Waals surface area (Å²) in [4.78, 5) is 0. The molecular formula is C16H26O4Si. The molecule has 1 aliphatic heterocycles. The van der Waals surface area contributed by atoms with E-state index in [9.17, 15) is 0 Å². The van der Waals surface area contributed by atoms with Crippen LogP contribution in [-0.2, 0) is 18.6 Å². The zero-order chi connectivity index (χ0) is 15.7. The molecule has 1 aliphatic rings. The second-order valence-electron chi connectivity index (χ2n) is 6.44. The van der Waals surface area contributed by atoms with Crippen molar-refractivity contribution in [3.8, 4) is 0 Å². The van der Waals surface area contributed by atoms with Gasteiger partial charge in [-0.2, -0.15) is 0 Å². The van der Waals surface area contributed by atoms with Gasteiger partial charge in [0, 0.05) is 14.2 Å². The van der Waals surface area contributed by atoms with Gasteiger partial charge in [0.05, 0.1) is 6.10 Å². The largest absolute Gasteiger partial charge is 0.403 e. The molecular weight excluding hydrogens is 284 g/mol. The highest BCUT2D eigenvalue weighted by atomic mass is 28.4. The molecule has 1 aromatic rings. The fourth-order valence-corrected chi connectivity index (χ4v) is 4.45. The van der Waals surface area contributed by atoms with Gasteiger partial charge in [-0.1, -0.05) is 30.3 Å². The van der Waals surface area contributed by atoms with Gasteiger partial charge in [-0.3, -0.25) is 0 Å². The quantitative estimate of drug-likeness (QED) is 0.596. The highest BCUT2D eigenvalue weighted by molar-refractivity contribution is 6.69. The van der Waals surface area contributed by atoms with E-state index in [1.54, 1.807) is 14.2 Å². The summed E-state index contributed by atoms with van der Waals surface area (Å²) in [6.45, 7) is 8.53. The first-order valence-electron chi connectivity index (χ1n) is 7.31. The van der Waals surface area contributed by atoms with Gasteiger partial charge in [0.25, 0.3) is 0 Å². The maximum Gasteiger partial charge on any atom is 0.190 e. The van der Waals surface area contributed by atoms with Crippen molar-refractivity contribution in [2.45, 2.75) is 50.7 Å². The Morgan fingerprint density at radius 1 is 1.10 bits per heavy atom. The van der Waals surface area contributed by atoms with Gasteiger partial charge >= 0.3 is 0 Å². The standard InChI is InChI=1S/C16H26O4Si/c1-12-16(15(17-2)18-3,20-21(4,5)6)14(19-12)13-10-8-7-9-11-13/h7-12,14-15H,1-6H3/t12-,14+,16+/m0/s1. The average molecular weight is 310 g/mol. The van der Waals surface area contributed by atoms with Crippen LogP contribution in [0, 0.1) is 0 Å². The molecule has 4 nitrogen and oxygen atoms in total. The topological polar surface area (TPSA) is 36.9 Å². The van der Waals surface area contributed by atoms with Crippen LogP contribution in [0.1, 0.15) is 18.6 Å². The molecule has 118 valence electrons. The van der Waals surface area contributed by atoms with Gasteiger partial charge in [0.15, 0.2) is 20.2 Å². The Balaban J connectivity index is 2.41. The molecule has 0 N–H and O–H groups in total. The molecule has 1 saturated heterocycles. The summed E-state index contributed by atoms with van der Waals surface area (Å²) >= 11 is 0. The number of hydrogen-bond acceptors (Lipinski definition) is 4. The van der Waals surface area contributed by atoms with Crippen molar-refractivity contribution >= 4 is 8.32 Å². The van der Waals surface area contributed by atoms with Crippen molar-refractivity contribution in [3.63, 3.8) is 0 Å². The van der Waals surface area contributed by atoms with Crippen molar-refractivity contribution in [2.24, 2.45) is 0 Å². The van der Waals surface area contributed by atoms with Crippen LogP contribution in [0.5, 0.6) is 0 Å². The number of hydrogen-bond donors (Lipinski definition) is 0. The number of methoxy groups -OCH3 is 2. The van der Waals surface area contributed by atoms with Crippen molar-refractivity contribution in [2.75, 3.05) is 14.2 Å². The summed E-state index contributed by atoms with van der Waals surface area (Å²) in [5.41, 5.74) is 0.489.